The van der Waals surface area contributed by atoms with Crippen molar-refractivity contribution in [1.82, 2.24) is 0 Å². The van der Waals surface area contributed by atoms with Gasteiger partial charge >= 0.3 is 51.4 Å². The Hall–Kier alpha value is -1.71. The summed E-state index contributed by atoms with van der Waals surface area (Å²) in [5.41, 5.74) is 1.79. The number of rotatable bonds is 7. The summed E-state index contributed by atoms with van der Waals surface area (Å²) in [6, 6.07) is 12.9. The molecule has 0 radical (unpaired) electrons. The van der Waals surface area contributed by atoms with Crippen LogP contribution in [-0.2, 0) is 10.2 Å². The van der Waals surface area contributed by atoms with Crippen LogP contribution in [0.1, 0.15) is 50.7 Å². The number of aliphatic carboxylic acids is 1. The van der Waals surface area contributed by atoms with Crippen LogP contribution in [0.15, 0.2) is 48.5 Å². The molecule has 2 aromatic rings. The van der Waals surface area contributed by atoms with Crippen LogP contribution in [0.4, 0.5) is 11.4 Å². The van der Waals surface area contributed by atoms with E-state index in [-0.39, 0.29) is 68.9 Å². The molecule has 2 aliphatic heterocycles. The van der Waals surface area contributed by atoms with Crippen molar-refractivity contribution in [2.45, 2.75) is 50.7 Å². The number of anilines is 1. The number of fused-ring (bicyclic) bond motifs is 2. The predicted molar refractivity (Wildman–Crippen MR) is 116 cm³/mol. The molecule has 32 heavy (non-hydrogen) atoms. The van der Waals surface area contributed by atoms with E-state index in [4.69, 9.17) is 4.74 Å². The Morgan fingerprint density at radius 1 is 1.12 bits per heavy atom. The summed E-state index contributed by atoms with van der Waals surface area (Å²) in [5, 5.41) is 21.8. The first-order chi connectivity index (χ1) is 14.8. The van der Waals surface area contributed by atoms with E-state index < -0.39 is 16.6 Å². The van der Waals surface area contributed by atoms with Gasteiger partial charge in [0.05, 0.1) is 10.3 Å². The van der Waals surface area contributed by atoms with E-state index in [1.54, 1.807) is 6.07 Å². The summed E-state index contributed by atoms with van der Waals surface area (Å²) < 4.78 is 6.63. The first-order valence-electron chi connectivity index (χ1n) is 10.5. The van der Waals surface area contributed by atoms with Gasteiger partial charge in [0.15, 0.2) is 0 Å². The monoisotopic (exact) mass is 460 g/mol. The fourth-order valence-electron chi connectivity index (χ4n) is 4.71. The van der Waals surface area contributed by atoms with Crippen molar-refractivity contribution < 1.29 is 70.9 Å². The van der Waals surface area contributed by atoms with Crippen LogP contribution in [0.5, 0.6) is 5.75 Å². The number of nitro groups is 1. The third kappa shape index (κ3) is 4.26. The quantitative estimate of drug-likeness (QED) is 0.263. The molecule has 2 aliphatic rings. The average molecular weight is 461 g/mol. The van der Waals surface area contributed by atoms with Crippen molar-refractivity contribution in [2.24, 2.45) is 0 Å². The number of nitro benzene ring substituents is 1. The van der Waals surface area contributed by atoms with Crippen LogP contribution in [-0.4, -0.2) is 23.2 Å². The van der Waals surface area contributed by atoms with E-state index >= 15 is 0 Å². The summed E-state index contributed by atoms with van der Waals surface area (Å²) in [5.74, 6) is -0.413. The first-order valence-corrected chi connectivity index (χ1v) is 10.5. The largest absolute Gasteiger partial charge is 1.00 e. The van der Waals surface area contributed by atoms with Gasteiger partial charge in [0.25, 0.3) is 5.69 Å². The molecule has 0 amide bonds. The molecule has 4 rings (SSSR count). The van der Waals surface area contributed by atoms with Crippen LogP contribution >= 0.6 is 0 Å². The molecule has 0 aromatic heterocycles. The summed E-state index contributed by atoms with van der Waals surface area (Å²) >= 11 is 0. The molecule has 0 aliphatic carbocycles. The molecule has 0 saturated heterocycles. The molecule has 1 unspecified atom stereocenters. The number of non-ortho nitro benzene ring substituents is 1. The van der Waals surface area contributed by atoms with Crippen molar-refractivity contribution in [2.75, 3.05) is 11.4 Å². The van der Waals surface area contributed by atoms with Gasteiger partial charge in [0, 0.05) is 35.9 Å². The smallest absolute Gasteiger partial charge is 0.550 e. The van der Waals surface area contributed by atoms with Crippen LogP contribution in [0.2, 0.25) is 0 Å². The number of para-hydroxylation sites is 1. The van der Waals surface area contributed by atoms with Crippen LogP contribution in [0, 0.1) is 10.1 Å². The summed E-state index contributed by atoms with van der Waals surface area (Å²) in [7, 11) is 0. The maximum atomic E-state index is 11.1. The number of hydrogen-bond acceptors (Lipinski definition) is 6. The Bertz CT molecular complexity index is 1070. The molecule has 1 spiro atoms. The van der Waals surface area contributed by atoms with Crippen LogP contribution < -0.4 is 66.1 Å². The number of ether oxygens (including phenoxy) is 1. The molecule has 162 valence electrons. The standard InChI is InChI=1S/C24H26N2O5.K/c1-23(2)19-8-5-6-9-20(19)25(15-7-3-4-10-22(27)28)24(23)14-13-17-16-18(26(29)30)11-12-21(17)31-24;/h5-6,8-9,11-14,16H,3-4,7,10,15H2,1-2H3,(H,27,28);/q;+1/p-1. The third-order valence-electron chi connectivity index (χ3n) is 6.39. The zero-order valence-electron chi connectivity index (χ0n) is 18.7. The van der Waals surface area contributed by atoms with Gasteiger partial charge in [-0.05, 0) is 63.0 Å². The molecule has 1 atom stereocenters. The summed E-state index contributed by atoms with van der Waals surface area (Å²) in [4.78, 5) is 23.7. The van der Waals surface area contributed by atoms with Gasteiger partial charge in [0.2, 0.25) is 5.72 Å². The molecule has 2 heterocycles. The minimum Gasteiger partial charge on any atom is -0.550 e. The number of nitrogens with zero attached hydrogens (tertiary/aromatic N) is 2. The number of carboxylic acids is 1. The third-order valence-corrected chi connectivity index (χ3v) is 6.39. The summed E-state index contributed by atoms with van der Waals surface area (Å²) in [6.07, 6.45) is 6.13. The molecular weight excluding hydrogens is 435 g/mol. The van der Waals surface area contributed by atoms with E-state index in [1.807, 2.05) is 24.3 Å². The minimum absolute atomic E-state index is 0. The van der Waals surface area contributed by atoms with Crippen molar-refractivity contribution >= 4 is 23.4 Å². The SMILES string of the molecule is CC1(C)c2ccccc2N(CCCCCC(=O)[O-])C12C=Cc1cc([N+](=O)[O-])ccc1O2.[K+]. The van der Waals surface area contributed by atoms with E-state index in [2.05, 4.69) is 30.9 Å². The van der Waals surface area contributed by atoms with Gasteiger partial charge in [-0.1, -0.05) is 24.6 Å². The Balaban J connectivity index is 0.00000289. The second-order valence-corrected chi connectivity index (χ2v) is 8.59. The second kappa shape index (κ2) is 9.65. The Morgan fingerprint density at radius 3 is 2.59 bits per heavy atom. The normalized spacial score (nSPS) is 19.6. The Kier molecular flexibility index (Phi) is 7.51. The van der Waals surface area contributed by atoms with E-state index in [1.165, 1.54) is 17.7 Å². The van der Waals surface area contributed by atoms with E-state index in [9.17, 15) is 20.0 Å². The van der Waals surface area contributed by atoms with Crippen molar-refractivity contribution in [3.63, 3.8) is 0 Å². The first kappa shape index (κ1) is 24.9. The van der Waals surface area contributed by atoms with E-state index in [0.717, 1.165) is 18.5 Å². The second-order valence-electron chi connectivity index (χ2n) is 8.59. The van der Waals surface area contributed by atoms with Crippen LogP contribution in [0.25, 0.3) is 6.08 Å². The molecule has 0 fully saturated rings. The molecule has 8 heteroatoms. The fraction of sp³-hybridized carbons (Fsp3) is 0.375. The molecular formula is C24H25KN2O5. The van der Waals surface area contributed by atoms with Gasteiger partial charge in [-0.3, -0.25) is 10.1 Å². The van der Waals surface area contributed by atoms with Gasteiger partial charge < -0.3 is 19.5 Å². The topological polar surface area (TPSA) is 95.7 Å². The van der Waals surface area contributed by atoms with Gasteiger partial charge in [0.1, 0.15) is 5.75 Å². The fourth-order valence-corrected chi connectivity index (χ4v) is 4.71. The number of unbranched alkanes of at least 4 members (excludes halogenated alkanes) is 2. The number of carbonyl (C=O) groups excluding carboxylic acids is 1. The van der Waals surface area contributed by atoms with Crippen molar-refractivity contribution in [3.8, 4) is 5.75 Å². The number of carboxylic acid groups (broad SMARTS) is 1. The molecule has 7 nitrogen and oxygen atoms in total. The minimum atomic E-state index is -1.02. The van der Waals surface area contributed by atoms with Gasteiger partial charge in [-0.15, -0.1) is 0 Å². The number of hydrogen-bond donors (Lipinski definition) is 0. The molecule has 0 N–H and O–H groups in total. The van der Waals surface area contributed by atoms with Crippen molar-refractivity contribution in [3.05, 3.63) is 69.8 Å². The molecule has 0 saturated carbocycles. The summed E-state index contributed by atoms with van der Waals surface area (Å²) in [6.45, 7) is 4.98. The maximum Gasteiger partial charge on any atom is 1.00 e. The van der Waals surface area contributed by atoms with Crippen molar-refractivity contribution in [1.29, 1.82) is 0 Å². The van der Waals surface area contributed by atoms with Gasteiger partial charge in [-0.25, -0.2) is 0 Å². The number of carbonyl (C=O) groups is 1. The zero-order chi connectivity index (χ0) is 22.2. The molecule has 2 aromatic carbocycles. The Labute approximate surface area is 230 Å². The Morgan fingerprint density at radius 2 is 1.88 bits per heavy atom. The van der Waals surface area contributed by atoms with Gasteiger partial charge in [-0.2, -0.15) is 0 Å². The maximum absolute atomic E-state index is 11.1. The zero-order valence-corrected chi connectivity index (χ0v) is 21.8. The average Bonchev–Trinajstić information content (AvgIpc) is 2.91. The molecule has 0 bridgehead atoms. The van der Waals surface area contributed by atoms with E-state index in [0.29, 0.717) is 24.3 Å². The predicted octanol–water partition coefficient (Wildman–Crippen LogP) is 0.809. The number of benzene rings is 2. The van der Waals surface area contributed by atoms with Crippen LogP contribution in [0.3, 0.4) is 0 Å².